The fourth-order valence-corrected chi connectivity index (χ4v) is 4.10. The van der Waals surface area contributed by atoms with E-state index in [1.807, 2.05) is 44.9 Å². The third kappa shape index (κ3) is 7.15. The number of anilines is 1. The van der Waals surface area contributed by atoms with Crippen molar-refractivity contribution in [2.75, 3.05) is 38.9 Å². The van der Waals surface area contributed by atoms with Crippen molar-refractivity contribution in [1.29, 1.82) is 0 Å². The highest BCUT2D eigenvalue weighted by Crippen LogP contribution is 2.34. The largest absolute Gasteiger partial charge is 0.494 e. The number of aromatic nitrogens is 2. The van der Waals surface area contributed by atoms with Gasteiger partial charge in [0.05, 0.1) is 18.3 Å². The summed E-state index contributed by atoms with van der Waals surface area (Å²) in [6.45, 7) is 14.2. The third-order valence-corrected chi connectivity index (χ3v) is 5.97. The molecule has 3 aromatic rings. The monoisotopic (exact) mass is 480 g/mol. The molecule has 1 saturated heterocycles. The van der Waals surface area contributed by atoms with Crippen molar-refractivity contribution in [1.82, 2.24) is 14.9 Å². The standard InChI is InChI=1S/C16H20N4O3.C10H14.C2H6/c1-11-12-7-14(15(22-3)8-13(12)18-9-17-11)20-6-4-5-19(2)10-23-16(20)21;1-4-10-8(2)6-5-7-9(10)3;1-2/h7-9H,4-6,10H2,1-3H3;5-7H,4H2,1-3H3;1-2H3. The van der Waals surface area contributed by atoms with Gasteiger partial charge in [0.25, 0.3) is 0 Å². The van der Waals surface area contributed by atoms with E-state index in [4.69, 9.17) is 9.47 Å². The van der Waals surface area contributed by atoms with Gasteiger partial charge >= 0.3 is 6.09 Å². The topological polar surface area (TPSA) is 67.8 Å². The molecule has 0 N–H and O–H groups in total. The molecule has 0 saturated carbocycles. The van der Waals surface area contributed by atoms with Gasteiger partial charge in [0.2, 0.25) is 0 Å². The van der Waals surface area contributed by atoms with E-state index in [0.29, 0.717) is 18.0 Å². The Kier molecular flexibility index (Phi) is 10.9. The van der Waals surface area contributed by atoms with Gasteiger partial charge in [-0.15, -0.1) is 0 Å². The second-order valence-corrected chi connectivity index (χ2v) is 8.35. The van der Waals surface area contributed by atoms with Gasteiger partial charge < -0.3 is 9.47 Å². The van der Waals surface area contributed by atoms with Gasteiger partial charge in [0.15, 0.2) is 0 Å². The molecular weight excluding hydrogens is 440 g/mol. The van der Waals surface area contributed by atoms with Crippen LogP contribution >= 0.6 is 0 Å². The van der Waals surface area contributed by atoms with Crippen molar-refractivity contribution in [3.05, 3.63) is 59.0 Å². The molecule has 0 radical (unpaired) electrons. The van der Waals surface area contributed by atoms with Gasteiger partial charge in [0.1, 0.15) is 18.8 Å². The Morgan fingerprint density at radius 3 is 2.34 bits per heavy atom. The SMILES string of the molecule is CC.CCc1c(C)cccc1C.COc1cc2ncnc(C)c2cc1N1CCCN(C)COC1=O. The number of nitrogens with zero attached hydrogens (tertiary/aromatic N) is 4. The van der Waals surface area contributed by atoms with Gasteiger partial charge in [-0.2, -0.15) is 0 Å². The van der Waals surface area contributed by atoms with Crippen molar-refractivity contribution in [3.8, 4) is 5.75 Å². The van der Waals surface area contributed by atoms with Crippen molar-refractivity contribution in [2.45, 2.75) is 54.4 Å². The summed E-state index contributed by atoms with van der Waals surface area (Å²) >= 11 is 0. The molecule has 1 aliphatic heterocycles. The summed E-state index contributed by atoms with van der Waals surface area (Å²) in [5.74, 6) is 0.599. The summed E-state index contributed by atoms with van der Waals surface area (Å²) in [6, 6.07) is 10.2. The predicted molar refractivity (Wildman–Crippen MR) is 143 cm³/mol. The molecule has 4 rings (SSSR count). The van der Waals surface area contributed by atoms with E-state index in [9.17, 15) is 4.79 Å². The highest BCUT2D eigenvalue weighted by Gasteiger charge is 2.24. The van der Waals surface area contributed by atoms with Gasteiger partial charge in [-0.1, -0.05) is 39.0 Å². The van der Waals surface area contributed by atoms with Gasteiger partial charge in [0, 0.05) is 30.2 Å². The predicted octanol–water partition coefficient (Wildman–Crippen LogP) is 6.07. The van der Waals surface area contributed by atoms with Crippen LogP contribution in [0.1, 0.15) is 49.6 Å². The van der Waals surface area contributed by atoms with E-state index < -0.39 is 0 Å². The number of carbonyl (C=O) groups is 1. The number of aryl methyl sites for hydroxylation is 3. The molecule has 0 aliphatic carbocycles. The second-order valence-electron chi connectivity index (χ2n) is 8.35. The second kappa shape index (κ2) is 13.6. The number of fused-ring (bicyclic) bond motifs is 1. The van der Waals surface area contributed by atoms with Crippen LogP contribution in [0.15, 0.2) is 36.7 Å². The van der Waals surface area contributed by atoms with E-state index in [1.165, 1.54) is 23.0 Å². The number of ether oxygens (including phenoxy) is 2. The molecule has 7 heteroatoms. The maximum absolute atomic E-state index is 12.4. The minimum absolute atomic E-state index is 0.285. The van der Waals surface area contributed by atoms with E-state index >= 15 is 0 Å². The van der Waals surface area contributed by atoms with Crippen LogP contribution in [0, 0.1) is 20.8 Å². The molecule has 1 aromatic heterocycles. The fraction of sp³-hybridized carbons (Fsp3) is 0.464. The first kappa shape index (κ1) is 28.1. The van der Waals surface area contributed by atoms with Crippen molar-refractivity contribution in [3.63, 3.8) is 0 Å². The number of carbonyl (C=O) groups excluding carboxylic acids is 1. The molecule has 0 spiro atoms. The average Bonchev–Trinajstić information content (AvgIpc) is 2.86. The van der Waals surface area contributed by atoms with Crippen molar-refractivity contribution < 1.29 is 14.3 Å². The Bertz CT molecular complexity index is 1100. The molecule has 1 amide bonds. The van der Waals surface area contributed by atoms with Gasteiger partial charge in [-0.05, 0) is 63.4 Å². The number of benzene rings is 2. The van der Waals surface area contributed by atoms with Crippen LogP contribution in [0.2, 0.25) is 0 Å². The minimum atomic E-state index is -0.372. The Hall–Kier alpha value is -3.19. The highest BCUT2D eigenvalue weighted by atomic mass is 16.6. The Balaban J connectivity index is 0.000000302. The first-order chi connectivity index (χ1) is 16.8. The Morgan fingerprint density at radius 1 is 1.06 bits per heavy atom. The summed E-state index contributed by atoms with van der Waals surface area (Å²) in [6.07, 6.45) is 3.16. The third-order valence-electron chi connectivity index (χ3n) is 5.97. The number of amides is 1. The lowest BCUT2D eigenvalue weighted by molar-refractivity contribution is 0.0807. The fourth-order valence-electron chi connectivity index (χ4n) is 4.10. The molecule has 0 unspecified atom stereocenters. The van der Waals surface area contributed by atoms with Crippen LogP contribution < -0.4 is 9.64 Å². The first-order valence-electron chi connectivity index (χ1n) is 12.3. The molecule has 2 aromatic carbocycles. The Labute approximate surface area is 210 Å². The zero-order valence-corrected chi connectivity index (χ0v) is 22.5. The quantitative estimate of drug-likeness (QED) is 0.453. The van der Waals surface area contributed by atoms with Gasteiger partial charge in [-0.3, -0.25) is 9.80 Å². The van der Waals surface area contributed by atoms with Crippen LogP contribution in [0.5, 0.6) is 5.75 Å². The maximum atomic E-state index is 12.4. The molecule has 2 heterocycles. The van der Waals surface area contributed by atoms with Crippen molar-refractivity contribution in [2.24, 2.45) is 0 Å². The highest BCUT2D eigenvalue weighted by molar-refractivity contribution is 5.95. The summed E-state index contributed by atoms with van der Waals surface area (Å²) in [7, 11) is 3.52. The summed E-state index contributed by atoms with van der Waals surface area (Å²) in [4.78, 5) is 24.5. The first-order valence-corrected chi connectivity index (χ1v) is 12.3. The van der Waals surface area contributed by atoms with Crippen molar-refractivity contribution >= 4 is 22.7 Å². The van der Waals surface area contributed by atoms with E-state index in [1.54, 1.807) is 12.0 Å². The number of hydrogen-bond donors (Lipinski definition) is 0. The lowest BCUT2D eigenvalue weighted by Gasteiger charge is -2.29. The molecule has 1 fully saturated rings. The lowest BCUT2D eigenvalue weighted by atomic mass is 10.0. The number of cyclic esters (lactones) is 1. The lowest BCUT2D eigenvalue weighted by Crippen LogP contribution is -2.40. The molecule has 0 atom stereocenters. The van der Waals surface area contributed by atoms with Crippen LogP contribution in [0.25, 0.3) is 10.9 Å². The van der Waals surface area contributed by atoms with Crippen LogP contribution in [0.3, 0.4) is 0 Å². The number of rotatable bonds is 3. The van der Waals surface area contributed by atoms with Crippen LogP contribution in [-0.4, -0.2) is 54.9 Å². The number of methoxy groups -OCH3 is 1. The van der Waals surface area contributed by atoms with Crippen LogP contribution in [-0.2, 0) is 11.2 Å². The van der Waals surface area contributed by atoms with Crippen LogP contribution in [0.4, 0.5) is 10.5 Å². The normalized spacial score (nSPS) is 14.1. The summed E-state index contributed by atoms with van der Waals surface area (Å²) < 4.78 is 10.8. The zero-order valence-electron chi connectivity index (χ0n) is 22.5. The van der Waals surface area contributed by atoms with Gasteiger partial charge in [-0.25, -0.2) is 14.8 Å². The van der Waals surface area contributed by atoms with E-state index in [0.717, 1.165) is 36.0 Å². The Morgan fingerprint density at radius 2 is 1.74 bits per heavy atom. The molecule has 35 heavy (non-hydrogen) atoms. The van der Waals surface area contributed by atoms with E-state index in [-0.39, 0.29) is 12.8 Å². The average molecular weight is 481 g/mol. The molecule has 1 aliphatic rings. The molecule has 0 bridgehead atoms. The minimum Gasteiger partial charge on any atom is -0.494 e. The maximum Gasteiger partial charge on any atom is 0.415 e. The molecule has 190 valence electrons. The van der Waals surface area contributed by atoms with E-state index in [2.05, 4.69) is 48.9 Å². The zero-order chi connectivity index (χ0) is 26.0. The molecular formula is C28H40N4O3. The molecule has 7 nitrogen and oxygen atoms in total. The number of hydrogen-bond acceptors (Lipinski definition) is 6. The summed E-state index contributed by atoms with van der Waals surface area (Å²) in [5.41, 5.74) is 6.68. The summed E-state index contributed by atoms with van der Waals surface area (Å²) in [5, 5.41) is 0.898. The smallest absolute Gasteiger partial charge is 0.415 e.